The zero-order chi connectivity index (χ0) is 13.7. The van der Waals surface area contributed by atoms with Gasteiger partial charge >= 0.3 is 0 Å². The molecule has 2 fully saturated rings. The summed E-state index contributed by atoms with van der Waals surface area (Å²) in [4.78, 5) is 24.7. The van der Waals surface area contributed by atoms with E-state index >= 15 is 0 Å². The average Bonchev–Trinajstić information content (AvgIpc) is 3.13. The molecule has 1 aliphatic heterocycles. The Hall–Kier alpha value is -2.23. The fourth-order valence-corrected chi connectivity index (χ4v) is 3.66. The molecule has 4 heteroatoms. The number of hydrogen-bond donors (Lipinski definition) is 0. The third-order valence-electron chi connectivity index (χ3n) is 4.57. The maximum Gasteiger partial charge on any atom is 0.254 e. The lowest BCUT2D eigenvalue weighted by molar-refractivity contribution is -0.140. The Labute approximate surface area is 116 Å². The Morgan fingerprint density at radius 2 is 1.60 bits per heavy atom. The summed E-state index contributed by atoms with van der Waals surface area (Å²) < 4.78 is 0. The molecule has 3 aliphatic rings. The normalized spacial score (nSPS) is 34.5. The summed E-state index contributed by atoms with van der Waals surface area (Å²) >= 11 is 0. The highest BCUT2D eigenvalue weighted by molar-refractivity contribution is 6.06. The van der Waals surface area contributed by atoms with Gasteiger partial charge in [0.1, 0.15) is 0 Å². The molecule has 0 unspecified atom stereocenters. The van der Waals surface area contributed by atoms with Gasteiger partial charge in [0, 0.05) is 0 Å². The van der Waals surface area contributed by atoms with E-state index in [1.807, 2.05) is 30.3 Å². The molecule has 0 spiro atoms. The number of rotatable bonds is 2. The quantitative estimate of drug-likeness (QED) is 0.466. The van der Waals surface area contributed by atoms with Crippen LogP contribution in [-0.4, -0.2) is 23.0 Å². The largest absolute Gasteiger partial charge is 0.272 e. The van der Waals surface area contributed by atoms with Crippen LogP contribution in [0, 0.1) is 23.7 Å². The van der Waals surface area contributed by atoms with Crippen LogP contribution in [-0.2, 0) is 9.59 Å². The fourth-order valence-electron chi connectivity index (χ4n) is 3.66. The SMILES string of the molecule is O=C1[C@@H]2[C@H](C(=O)N1/N=C\c1ccccc1)[C@H]1C=C[C@H]2C1. The first-order valence-corrected chi connectivity index (χ1v) is 6.91. The molecule has 2 amide bonds. The van der Waals surface area contributed by atoms with E-state index in [0.29, 0.717) is 0 Å². The van der Waals surface area contributed by atoms with Crippen LogP contribution in [0.1, 0.15) is 12.0 Å². The van der Waals surface area contributed by atoms with Crippen molar-refractivity contribution in [1.82, 2.24) is 5.01 Å². The second-order valence-electron chi connectivity index (χ2n) is 5.64. The molecule has 4 rings (SSSR count). The minimum absolute atomic E-state index is 0.135. The molecule has 0 radical (unpaired) electrons. The lowest BCUT2D eigenvalue weighted by Crippen LogP contribution is -2.28. The van der Waals surface area contributed by atoms with E-state index in [1.54, 1.807) is 6.21 Å². The first kappa shape index (κ1) is 11.6. The molecule has 2 bridgehead atoms. The van der Waals surface area contributed by atoms with E-state index in [4.69, 9.17) is 0 Å². The first-order valence-electron chi connectivity index (χ1n) is 6.91. The van der Waals surface area contributed by atoms with Crippen molar-refractivity contribution in [2.75, 3.05) is 0 Å². The lowest BCUT2D eigenvalue weighted by Gasteiger charge is -2.13. The topological polar surface area (TPSA) is 49.7 Å². The molecule has 4 nitrogen and oxygen atoms in total. The molecule has 1 aromatic carbocycles. The highest BCUT2D eigenvalue weighted by Gasteiger charge is 2.59. The molecule has 4 atom stereocenters. The zero-order valence-electron chi connectivity index (χ0n) is 10.8. The number of allylic oxidation sites excluding steroid dienone is 2. The van der Waals surface area contributed by atoms with Crippen molar-refractivity contribution in [1.29, 1.82) is 0 Å². The van der Waals surface area contributed by atoms with E-state index in [-0.39, 0.29) is 35.5 Å². The standard InChI is InChI=1S/C16H14N2O2/c19-15-13-11-6-7-12(8-11)14(13)16(20)18(15)17-9-10-4-2-1-3-5-10/h1-7,9,11-14H,8H2/b17-9-/t11-,12-,13-,14+/m0/s1. The summed E-state index contributed by atoms with van der Waals surface area (Å²) in [7, 11) is 0. The third-order valence-corrected chi connectivity index (χ3v) is 4.57. The predicted molar refractivity (Wildman–Crippen MR) is 73.6 cm³/mol. The number of benzene rings is 1. The number of carbonyl (C=O) groups excluding carboxylic acids is 2. The number of amides is 2. The summed E-state index contributed by atoms with van der Waals surface area (Å²) in [6, 6.07) is 9.49. The van der Waals surface area contributed by atoms with Gasteiger partial charge in [-0.1, -0.05) is 42.5 Å². The van der Waals surface area contributed by atoms with E-state index in [0.717, 1.165) is 17.0 Å². The molecule has 100 valence electrons. The van der Waals surface area contributed by atoms with Gasteiger partial charge in [-0.2, -0.15) is 10.1 Å². The summed E-state index contributed by atoms with van der Waals surface area (Å²) in [6.45, 7) is 0. The van der Waals surface area contributed by atoms with Crippen LogP contribution < -0.4 is 0 Å². The Morgan fingerprint density at radius 3 is 2.20 bits per heavy atom. The molecule has 1 heterocycles. The Balaban J connectivity index is 1.61. The average molecular weight is 266 g/mol. The number of carbonyl (C=O) groups is 2. The van der Waals surface area contributed by atoms with Gasteiger partial charge in [0.2, 0.25) is 0 Å². The minimum atomic E-state index is -0.176. The van der Waals surface area contributed by atoms with Crippen LogP contribution >= 0.6 is 0 Å². The number of nitrogens with zero attached hydrogens (tertiary/aromatic N) is 2. The maximum atomic E-state index is 12.4. The van der Waals surface area contributed by atoms with E-state index in [1.165, 1.54) is 0 Å². The van der Waals surface area contributed by atoms with Gasteiger partial charge in [-0.25, -0.2) is 0 Å². The van der Waals surface area contributed by atoms with Crippen molar-refractivity contribution in [3.63, 3.8) is 0 Å². The van der Waals surface area contributed by atoms with E-state index in [9.17, 15) is 9.59 Å². The third kappa shape index (κ3) is 1.51. The minimum Gasteiger partial charge on any atom is -0.272 e. The maximum absolute atomic E-state index is 12.4. The van der Waals surface area contributed by atoms with Crippen molar-refractivity contribution >= 4 is 18.0 Å². The monoisotopic (exact) mass is 266 g/mol. The molecule has 20 heavy (non-hydrogen) atoms. The fraction of sp³-hybridized carbons (Fsp3) is 0.312. The van der Waals surface area contributed by atoms with Crippen molar-refractivity contribution in [2.24, 2.45) is 28.8 Å². The van der Waals surface area contributed by atoms with Crippen molar-refractivity contribution < 1.29 is 9.59 Å². The van der Waals surface area contributed by atoms with Crippen molar-refractivity contribution in [2.45, 2.75) is 6.42 Å². The molecule has 1 saturated carbocycles. The van der Waals surface area contributed by atoms with E-state index < -0.39 is 0 Å². The van der Waals surface area contributed by atoms with Gasteiger partial charge in [-0.3, -0.25) is 9.59 Å². The van der Waals surface area contributed by atoms with Gasteiger partial charge in [-0.15, -0.1) is 0 Å². The second kappa shape index (κ2) is 4.13. The van der Waals surface area contributed by atoms with Crippen LogP contribution in [0.15, 0.2) is 47.6 Å². The molecule has 1 aromatic rings. The van der Waals surface area contributed by atoms with Gasteiger partial charge in [0.05, 0.1) is 18.1 Å². The molecule has 2 aliphatic carbocycles. The molecule has 0 aromatic heterocycles. The molecular weight excluding hydrogens is 252 g/mol. The smallest absolute Gasteiger partial charge is 0.254 e. The van der Waals surface area contributed by atoms with Crippen molar-refractivity contribution in [3.05, 3.63) is 48.0 Å². The Kier molecular flexibility index (Phi) is 2.39. The highest BCUT2D eigenvalue weighted by Crippen LogP contribution is 2.52. The predicted octanol–water partition coefficient (Wildman–Crippen LogP) is 1.83. The summed E-state index contributed by atoms with van der Waals surface area (Å²) in [6.07, 6.45) is 6.69. The van der Waals surface area contributed by atoms with Crippen molar-refractivity contribution in [3.8, 4) is 0 Å². The van der Waals surface area contributed by atoms with E-state index in [2.05, 4.69) is 17.3 Å². The molecule has 1 saturated heterocycles. The number of imide groups is 1. The second-order valence-corrected chi connectivity index (χ2v) is 5.64. The Bertz CT molecular complexity index is 605. The Morgan fingerprint density at radius 1 is 1.00 bits per heavy atom. The van der Waals surface area contributed by atoms with Gasteiger partial charge < -0.3 is 0 Å². The molecule has 0 N–H and O–H groups in total. The summed E-state index contributed by atoms with van der Waals surface area (Å²) in [5.74, 6) is -0.152. The number of hydrogen-bond acceptors (Lipinski definition) is 3. The van der Waals surface area contributed by atoms with Crippen LogP contribution in [0.5, 0.6) is 0 Å². The zero-order valence-corrected chi connectivity index (χ0v) is 10.8. The summed E-state index contributed by atoms with van der Waals surface area (Å²) in [5.41, 5.74) is 0.881. The van der Waals surface area contributed by atoms with Gasteiger partial charge in [0.15, 0.2) is 0 Å². The molecular formula is C16H14N2O2. The van der Waals surface area contributed by atoms with Crippen LogP contribution in [0.2, 0.25) is 0 Å². The first-order chi connectivity index (χ1) is 9.75. The van der Waals surface area contributed by atoms with Crippen LogP contribution in [0.25, 0.3) is 0 Å². The highest BCUT2D eigenvalue weighted by atomic mass is 16.2. The van der Waals surface area contributed by atoms with Crippen LogP contribution in [0.4, 0.5) is 0 Å². The number of fused-ring (bicyclic) bond motifs is 5. The number of hydrazone groups is 1. The lowest BCUT2D eigenvalue weighted by atomic mass is 9.85. The van der Waals surface area contributed by atoms with Crippen LogP contribution in [0.3, 0.4) is 0 Å². The summed E-state index contributed by atoms with van der Waals surface area (Å²) in [5, 5.41) is 5.19. The van der Waals surface area contributed by atoms with Gasteiger partial charge in [0.25, 0.3) is 11.8 Å². The van der Waals surface area contributed by atoms with Gasteiger partial charge in [-0.05, 0) is 23.8 Å².